The molecule has 0 aliphatic heterocycles. The van der Waals surface area contributed by atoms with Gasteiger partial charge >= 0.3 is 0 Å². The Morgan fingerprint density at radius 2 is 1.43 bits per heavy atom. The van der Waals surface area contributed by atoms with Gasteiger partial charge in [0.2, 0.25) is 11.8 Å². The van der Waals surface area contributed by atoms with E-state index in [4.69, 9.17) is 13.6 Å². The van der Waals surface area contributed by atoms with Crippen molar-refractivity contribution in [1.29, 1.82) is 0 Å². The summed E-state index contributed by atoms with van der Waals surface area (Å²) >= 11 is 0. The maximum atomic E-state index is 14.0. The van der Waals surface area contributed by atoms with Crippen LogP contribution in [0.5, 0.6) is 5.75 Å². The summed E-state index contributed by atoms with van der Waals surface area (Å²) in [5, 5.41) is 22.4. The van der Waals surface area contributed by atoms with Crippen LogP contribution in [0.15, 0.2) is 63.7 Å². The number of nitrogens with zero attached hydrogens (tertiary/aromatic N) is 3. The zero-order valence-electron chi connectivity index (χ0n) is 31.5. The van der Waals surface area contributed by atoms with Crippen molar-refractivity contribution in [3.63, 3.8) is 0 Å². The predicted molar refractivity (Wildman–Crippen MR) is 203 cm³/mol. The average molecular weight is 770 g/mol. The first kappa shape index (κ1) is 39.6. The molecule has 2 fully saturated rings. The highest BCUT2D eigenvalue weighted by Crippen LogP contribution is 2.31. The maximum absolute atomic E-state index is 14.0. The summed E-state index contributed by atoms with van der Waals surface area (Å²) in [6, 6.07) is 9.09. The van der Waals surface area contributed by atoms with Gasteiger partial charge in [0.1, 0.15) is 35.4 Å². The predicted octanol–water partition coefficient (Wildman–Crippen LogP) is 5.72. The van der Waals surface area contributed by atoms with Crippen molar-refractivity contribution in [3.8, 4) is 28.7 Å². The van der Waals surface area contributed by atoms with Crippen molar-refractivity contribution in [3.05, 3.63) is 82.1 Å². The summed E-state index contributed by atoms with van der Waals surface area (Å²) in [6.07, 6.45) is 11.6. The quantitative estimate of drug-likeness (QED) is 0.0846. The summed E-state index contributed by atoms with van der Waals surface area (Å²) in [4.78, 5) is 73.5. The molecule has 0 bridgehead atoms. The lowest BCUT2D eigenvalue weighted by molar-refractivity contribution is -0.385. The SMILES string of the molecule is CCOc1ccc(-c2cc(CNC(=O)[C@@H](NC(=O)c3ccc(-c4ccc([N+](=O)[O-])cn4)o3)C3CCCCC3)c(C(=O)N[C@H](C(=O)NC)C3CCCCC3)o2)nc1. The van der Waals surface area contributed by atoms with E-state index in [1.165, 1.54) is 31.3 Å². The summed E-state index contributed by atoms with van der Waals surface area (Å²) in [6.45, 7) is 2.21. The van der Waals surface area contributed by atoms with Crippen LogP contribution in [-0.4, -0.2) is 64.3 Å². The van der Waals surface area contributed by atoms with Crippen molar-refractivity contribution < 1.29 is 37.7 Å². The first-order valence-corrected chi connectivity index (χ1v) is 19.2. The van der Waals surface area contributed by atoms with Gasteiger partial charge in [-0.1, -0.05) is 38.5 Å². The van der Waals surface area contributed by atoms with Crippen LogP contribution in [0.3, 0.4) is 0 Å². The standard InChI is InChI=1S/C40H47N7O9/c1-3-54-28-15-17-30(43-23-28)33-20-26(36(56-33)40(51)46-34(38(49)41-2)24-10-6-4-7-11-24)21-44-39(50)35(25-12-8-5-9-13-25)45-37(48)32-19-18-31(55-32)29-16-14-27(22-42-29)47(52)53/h14-20,22-25,34-35H,3-13,21H2,1-2H3,(H,41,49)(H,44,50)(H,45,48)(H,46,51)/t34-,35-/m0/s1. The molecule has 2 atom stereocenters. The molecular formula is C40H47N7O9. The Morgan fingerprint density at radius 1 is 0.804 bits per heavy atom. The molecule has 0 radical (unpaired) electrons. The van der Waals surface area contributed by atoms with Crippen molar-refractivity contribution in [2.24, 2.45) is 11.8 Å². The number of hydrogen-bond donors (Lipinski definition) is 4. The highest BCUT2D eigenvalue weighted by Gasteiger charge is 2.34. The van der Waals surface area contributed by atoms with Gasteiger partial charge in [-0.2, -0.15) is 0 Å². The molecule has 6 rings (SSSR count). The van der Waals surface area contributed by atoms with Crippen LogP contribution in [0.4, 0.5) is 5.69 Å². The third kappa shape index (κ3) is 9.59. The van der Waals surface area contributed by atoms with Gasteiger partial charge in [0.15, 0.2) is 23.0 Å². The van der Waals surface area contributed by atoms with E-state index >= 15 is 0 Å². The number of nitro groups is 1. The molecule has 4 amide bonds. The Morgan fingerprint density at radius 3 is 2.02 bits per heavy atom. The maximum Gasteiger partial charge on any atom is 0.288 e. The van der Waals surface area contributed by atoms with Gasteiger partial charge in [-0.25, -0.2) is 9.97 Å². The van der Waals surface area contributed by atoms with Gasteiger partial charge in [-0.05, 0) is 80.8 Å². The number of furan rings is 2. The van der Waals surface area contributed by atoms with E-state index in [-0.39, 0.29) is 53.0 Å². The second kappa shape index (κ2) is 18.5. The van der Waals surface area contributed by atoms with Gasteiger partial charge in [0.05, 0.1) is 17.7 Å². The fraction of sp³-hybridized carbons (Fsp3) is 0.450. The Hall–Kier alpha value is -6.06. The molecule has 4 N–H and O–H groups in total. The minimum absolute atomic E-state index is 0.0338. The number of pyridine rings is 2. The summed E-state index contributed by atoms with van der Waals surface area (Å²) in [7, 11) is 1.54. The first-order chi connectivity index (χ1) is 27.1. The number of rotatable bonds is 15. The van der Waals surface area contributed by atoms with Crippen molar-refractivity contribution >= 4 is 29.3 Å². The number of amides is 4. The van der Waals surface area contributed by atoms with E-state index in [1.807, 2.05) is 6.92 Å². The molecule has 0 unspecified atom stereocenters. The molecule has 4 aromatic rings. The largest absolute Gasteiger partial charge is 0.492 e. The highest BCUT2D eigenvalue weighted by atomic mass is 16.6. The molecule has 2 aliphatic carbocycles. The summed E-state index contributed by atoms with van der Waals surface area (Å²) < 4.78 is 17.4. The molecule has 0 spiro atoms. The van der Waals surface area contributed by atoms with Gasteiger partial charge in [-0.3, -0.25) is 29.3 Å². The van der Waals surface area contributed by atoms with Crippen LogP contribution >= 0.6 is 0 Å². The topological polar surface area (TPSA) is 221 Å². The number of carbonyl (C=O) groups is 4. The van der Waals surface area contributed by atoms with E-state index in [9.17, 15) is 29.3 Å². The van der Waals surface area contributed by atoms with Crippen LogP contribution < -0.4 is 26.0 Å². The van der Waals surface area contributed by atoms with Crippen LogP contribution in [0, 0.1) is 22.0 Å². The smallest absolute Gasteiger partial charge is 0.288 e. The number of hydrogen-bond acceptors (Lipinski definition) is 11. The molecule has 2 saturated carbocycles. The minimum atomic E-state index is -0.922. The molecule has 16 heteroatoms. The molecule has 0 aromatic carbocycles. The number of nitrogens with one attached hydrogen (secondary N) is 4. The van der Waals surface area contributed by atoms with Gasteiger partial charge in [0.25, 0.3) is 17.5 Å². The molecule has 4 aromatic heterocycles. The Bertz CT molecular complexity index is 2000. The Labute approximate surface area is 323 Å². The van der Waals surface area contributed by atoms with Gasteiger partial charge in [0, 0.05) is 25.2 Å². The second-order valence-electron chi connectivity index (χ2n) is 14.1. The fourth-order valence-electron chi connectivity index (χ4n) is 7.49. The van der Waals surface area contributed by atoms with E-state index in [0.29, 0.717) is 29.3 Å². The van der Waals surface area contributed by atoms with E-state index < -0.39 is 34.7 Å². The van der Waals surface area contributed by atoms with Crippen LogP contribution in [-0.2, 0) is 16.1 Å². The van der Waals surface area contributed by atoms with E-state index in [2.05, 4.69) is 31.2 Å². The third-order valence-electron chi connectivity index (χ3n) is 10.4. The molecule has 2 aliphatic rings. The molecule has 4 heterocycles. The second-order valence-corrected chi connectivity index (χ2v) is 14.1. The lowest BCUT2D eigenvalue weighted by Crippen LogP contribution is -2.51. The summed E-state index contributed by atoms with van der Waals surface area (Å²) in [5.74, 6) is -1.19. The highest BCUT2D eigenvalue weighted by molar-refractivity contribution is 5.98. The molecule has 16 nitrogen and oxygen atoms in total. The molecular weight excluding hydrogens is 722 g/mol. The number of likely N-dealkylation sites (N-methyl/N-ethyl adjacent to an activating group) is 1. The zero-order chi connectivity index (χ0) is 39.6. The monoisotopic (exact) mass is 769 g/mol. The van der Waals surface area contributed by atoms with E-state index in [1.54, 1.807) is 24.4 Å². The van der Waals surface area contributed by atoms with Crippen LogP contribution in [0.2, 0.25) is 0 Å². The molecule has 0 saturated heterocycles. The van der Waals surface area contributed by atoms with E-state index in [0.717, 1.165) is 70.4 Å². The van der Waals surface area contributed by atoms with Gasteiger partial charge < -0.3 is 34.8 Å². The Kier molecular flexibility index (Phi) is 13.1. The minimum Gasteiger partial charge on any atom is -0.492 e. The lowest BCUT2D eigenvalue weighted by atomic mass is 9.83. The first-order valence-electron chi connectivity index (χ1n) is 19.2. The third-order valence-corrected chi connectivity index (χ3v) is 10.4. The molecule has 56 heavy (non-hydrogen) atoms. The van der Waals surface area contributed by atoms with Gasteiger partial charge in [-0.15, -0.1) is 0 Å². The average Bonchev–Trinajstić information content (AvgIpc) is 3.91. The molecule has 296 valence electrons. The number of aromatic nitrogens is 2. The van der Waals surface area contributed by atoms with Crippen molar-refractivity contribution in [2.75, 3.05) is 13.7 Å². The Balaban J connectivity index is 1.22. The lowest BCUT2D eigenvalue weighted by Gasteiger charge is -2.30. The fourth-order valence-corrected chi connectivity index (χ4v) is 7.49. The van der Waals surface area contributed by atoms with Crippen LogP contribution in [0.1, 0.15) is 97.8 Å². The summed E-state index contributed by atoms with van der Waals surface area (Å²) in [5.41, 5.74) is 0.917. The number of ether oxygens (including phenoxy) is 1. The normalized spacial score (nSPS) is 16.0. The van der Waals surface area contributed by atoms with Crippen LogP contribution in [0.25, 0.3) is 22.9 Å². The number of carbonyl (C=O) groups excluding carboxylic acids is 4. The zero-order valence-corrected chi connectivity index (χ0v) is 31.5. The van der Waals surface area contributed by atoms with Crippen molar-refractivity contribution in [1.82, 2.24) is 31.2 Å². The van der Waals surface area contributed by atoms with Crippen molar-refractivity contribution in [2.45, 2.75) is 89.8 Å².